The average Bonchev–Trinajstić information content (AvgIpc) is 3.08. The fraction of sp³-hybridized carbons (Fsp3) is 0.211. The Balaban J connectivity index is 2.00. The zero-order valence-corrected chi connectivity index (χ0v) is 17.8. The molecular weight excluding hydrogens is 419 g/mol. The molecule has 0 amide bonds. The lowest BCUT2D eigenvalue weighted by Crippen LogP contribution is -2.02. The summed E-state index contributed by atoms with van der Waals surface area (Å²) in [4.78, 5) is 0. The number of nitrogens with zero attached hydrogens (tertiary/aromatic N) is 4. The molecular formula is C19H18Cl2N4O2S. The van der Waals surface area contributed by atoms with Crippen molar-refractivity contribution in [2.45, 2.75) is 11.6 Å². The van der Waals surface area contributed by atoms with Crippen LogP contribution in [-0.2, 0) is 6.42 Å². The number of thioether (sulfide) groups is 1. The average molecular weight is 437 g/mol. The van der Waals surface area contributed by atoms with Crippen LogP contribution in [0.25, 0.3) is 0 Å². The molecule has 1 aromatic heterocycles. The molecule has 0 aliphatic heterocycles. The van der Waals surface area contributed by atoms with Crippen molar-refractivity contribution >= 4 is 41.2 Å². The van der Waals surface area contributed by atoms with Crippen molar-refractivity contribution < 1.29 is 9.47 Å². The summed E-state index contributed by atoms with van der Waals surface area (Å²) in [6.45, 7) is 0. The molecule has 1 heterocycles. The van der Waals surface area contributed by atoms with E-state index in [2.05, 4.69) is 15.3 Å². The summed E-state index contributed by atoms with van der Waals surface area (Å²) < 4.78 is 12.3. The maximum absolute atomic E-state index is 6.35. The molecule has 0 saturated carbocycles. The monoisotopic (exact) mass is 436 g/mol. The summed E-state index contributed by atoms with van der Waals surface area (Å²) in [6.07, 6.45) is 4.14. The molecule has 0 aliphatic rings. The third-order valence-corrected chi connectivity index (χ3v) is 5.19. The Kier molecular flexibility index (Phi) is 6.83. The van der Waals surface area contributed by atoms with Crippen molar-refractivity contribution in [2.75, 3.05) is 20.5 Å². The molecule has 0 unspecified atom stereocenters. The van der Waals surface area contributed by atoms with Crippen LogP contribution in [0, 0.1) is 0 Å². The summed E-state index contributed by atoms with van der Waals surface area (Å²) in [5.74, 6) is 1.50. The number of ether oxygens (including phenoxy) is 2. The van der Waals surface area contributed by atoms with Crippen LogP contribution in [0.3, 0.4) is 0 Å². The molecule has 0 radical (unpaired) electrons. The van der Waals surface area contributed by atoms with E-state index in [9.17, 15) is 0 Å². The summed E-state index contributed by atoms with van der Waals surface area (Å²) in [6, 6.07) is 11.7. The van der Waals surface area contributed by atoms with Gasteiger partial charge >= 0.3 is 0 Å². The highest BCUT2D eigenvalue weighted by Crippen LogP contribution is 2.41. The summed E-state index contributed by atoms with van der Waals surface area (Å²) in [7, 11) is 3.02. The van der Waals surface area contributed by atoms with Crippen molar-refractivity contribution in [3.63, 3.8) is 0 Å². The highest BCUT2D eigenvalue weighted by molar-refractivity contribution is 7.98. The van der Waals surface area contributed by atoms with Crippen molar-refractivity contribution in [1.29, 1.82) is 0 Å². The third kappa shape index (κ3) is 4.27. The predicted octanol–water partition coefficient (Wildman–Crippen LogP) is 4.80. The fourth-order valence-corrected chi connectivity index (χ4v) is 3.79. The Bertz CT molecular complexity index is 993. The van der Waals surface area contributed by atoms with E-state index in [0.29, 0.717) is 33.7 Å². The first kappa shape index (κ1) is 20.5. The first-order valence-corrected chi connectivity index (χ1v) is 10.2. The Hall–Kier alpha value is -2.22. The molecule has 3 rings (SSSR count). The van der Waals surface area contributed by atoms with Gasteiger partial charge in [0.2, 0.25) is 5.16 Å². The summed E-state index contributed by atoms with van der Waals surface area (Å²) in [5.41, 5.74) is 1.73. The van der Waals surface area contributed by atoms with Crippen LogP contribution in [0.4, 0.5) is 0 Å². The van der Waals surface area contributed by atoms with E-state index in [1.165, 1.54) is 26.0 Å². The minimum absolute atomic E-state index is 0.289. The zero-order chi connectivity index (χ0) is 20.1. The molecule has 6 nitrogen and oxygen atoms in total. The lowest BCUT2D eigenvalue weighted by Gasteiger charge is -2.12. The van der Waals surface area contributed by atoms with Crippen LogP contribution in [0.15, 0.2) is 46.7 Å². The van der Waals surface area contributed by atoms with Crippen LogP contribution in [0.1, 0.15) is 17.0 Å². The first-order valence-electron chi connectivity index (χ1n) is 8.25. The third-order valence-electron chi connectivity index (χ3n) is 3.94. The molecule has 28 heavy (non-hydrogen) atoms. The quantitative estimate of drug-likeness (QED) is 0.393. The molecule has 0 atom stereocenters. The lowest BCUT2D eigenvalue weighted by molar-refractivity contribution is 0.394. The van der Waals surface area contributed by atoms with Crippen molar-refractivity contribution in [1.82, 2.24) is 14.9 Å². The Morgan fingerprint density at radius 3 is 2.46 bits per heavy atom. The van der Waals surface area contributed by atoms with Gasteiger partial charge in [-0.25, -0.2) is 0 Å². The SMILES string of the molecule is COc1c(Cl)cc(/C=N\n2c(Cc3ccccc3)nnc2SC)c(OC)c1Cl. The standard InChI is InChI=1S/C19H18Cl2N4O2S/c1-26-17-13(10-14(20)18(27-2)16(17)21)11-22-25-15(23-24-19(25)28-3)9-12-7-5-4-6-8-12/h4-8,10-11H,9H2,1-3H3/b22-11-. The van der Waals surface area contributed by atoms with E-state index in [0.717, 1.165) is 11.4 Å². The van der Waals surface area contributed by atoms with Gasteiger partial charge in [-0.1, -0.05) is 65.3 Å². The van der Waals surface area contributed by atoms with Crippen molar-refractivity contribution in [3.05, 3.63) is 63.4 Å². The maximum atomic E-state index is 6.35. The van der Waals surface area contributed by atoms with Crippen LogP contribution in [0.2, 0.25) is 10.0 Å². The molecule has 0 fully saturated rings. The molecule has 0 N–H and O–H groups in total. The van der Waals surface area contributed by atoms with E-state index in [-0.39, 0.29) is 5.02 Å². The normalized spacial score (nSPS) is 11.2. The van der Waals surface area contributed by atoms with Crippen molar-refractivity contribution in [3.8, 4) is 11.5 Å². The van der Waals surface area contributed by atoms with Gasteiger partial charge in [0.25, 0.3) is 0 Å². The topological polar surface area (TPSA) is 61.5 Å². The number of aromatic nitrogens is 3. The predicted molar refractivity (Wildman–Crippen MR) is 114 cm³/mol. The minimum atomic E-state index is 0.289. The number of hydrogen-bond donors (Lipinski definition) is 0. The van der Waals surface area contributed by atoms with Crippen LogP contribution >= 0.6 is 35.0 Å². The van der Waals surface area contributed by atoms with E-state index >= 15 is 0 Å². The number of rotatable bonds is 7. The number of halogens is 2. The van der Waals surface area contributed by atoms with Gasteiger partial charge in [-0.3, -0.25) is 0 Å². The van der Waals surface area contributed by atoms with Gasteiger partial charge in [-0.2, -0.15) is 9.78 Å². The van der Waals surface area contributed by atoms with E-state index < -0.39 is 0 Å². The molecule has 3 aromatic rings. The lowest BCUT2D eigenvalue weighted by atomic mass is 10.1. The largest absolute Gasteiger partial charge is 0.494 e. The van der Waals surface area contributed by atoms with Gasteiger partial charge < -0.3 is 9.47 Å². The second-order valence-corrected chi connectivity index (χ2v) is 7.21. The molecule has 146 valence electrons. The Labute approximate surface area is 177 Å². The van der Waals surface area contributed by atoms with Crippen molar-refractivity contribution in [2.24, 2.45) is 5.10 Å². The van der Waals surface area contributed by atoms with Gasteiger partial charge in [-0.05, 0) is 17.9 Å². The zero-order valence-electron chi connectivity index (χ0n) is 15.5. The van der Waals surface area contributed by atoms with Gasteiger partial charge in [0.15, 0.2) is 11.6 Å². The van der Waals surface area contributed by atoms with Crippen LogP contribution < -0.4 is 9.47 Å². The summed E-state index contributed by atoms with van der Waals surface area (Å²) in [5, 5.41) is 14.4. The van der Waals surface area contributed by atoms with E-state index in [1.807, 2.05) is 36.6 Å². The number of methoxy groups -OCH3 is 2. The molecule has 0 saturated heterocycles. The smallest absolute Gasteiger partial charge is 0.211 e. The van der Waals surface area contributed by atoms with Crippen LogP contribution in [-0.4, -0.2) is 41.6 Å². The van der Waals surface area contributed by atoms with E-state index in [1.54, 1.807) is 17.0 Å². The van der Waals surface area contributed by atoms with Gasteiger partial charge in [0.1, 0.15) is 10.8 Å². The molecule has 0 spiro atoms. The number of benzene rings is 2. The number of hydrogen-bond acceptors (Lipinski definition) is 6. The Morgan fingerprint density at radius 1 is 1.11 bits per heavy atom. The second-order valence-electron chi connectivity index (χ2n) is 5.65. The molecule has 2 aromatic carbocycles. The van der Waals surface area contributed by atoms with Gasteiger partial charge in [-0.15, -0.1) is 10.2 Å². The first-order chi connectivity index (χ1) is 13.6. The molecule has 0 bridgehead atoms. The van der Waals surface area contributed by atoms with E-state index in [4.69, 9.17) is 32.7 Å². The van der Waals surface area contributed by atoms with Gasteiger partial charge in [0, 0.05) is 12.0 Å². The fourth-order valence-electron chi connectivity index (χ4n) is 2.64. The van der Waals surface area contributed by atoms with Gasteiger partial charge in [0.05, 0.1) is 25.5 Å². The Morgan fingerprint density at radius 2 is 1.82 bits per heavy atom. The highest BCUT2D eigenvalue weighted by atomic mass is 35.5. The minimum Gasteiger partial charge on any atom is -0.494 e. The molecule has 0 aliphatic carbocycles. The van der Waals surface area contributed by atoms with Crippen LogP contribution in [0.5, 0.6) is 11.5 Å². The second kappa shape index (κ2) is 9.32. The maximum Gasteiger partial charge on any atom is 0.211 e. The highest BCUT2D eigenvalue weighted by Gasteiger charge is 2.17. The molecule has 9 heteroatoms. The summed E-state index contributed by atoms with van der Waals surface area (Å²) >= 11 is 14.1.